The van der Waals surface area contributed by atoms with E-state index in [4.69, 9.17) is 4.74 Å². The molecular formula is C23H28N4O2. The zero-order valence-electron chi connectivity index (χ0n) is 17.4. The number of hydrogen-bond acceptors (Lipinski definition) is 3. The number of hydrogen-bond donors (Lipinski definition) is 2. The second-order valence-electron chi connectivity index (χ2n) is 7.08. The predicted octanol–water partition coefficient (Wildman–Crippen LogP) is 4.12. The van der Waals surface area contributed by atoms with E-state index in [1.165, 1.54) is 5.56 Å². The number of methoxy groups -OCH3 is 1. The predicted molar refractivity (Wildman–Crippen MR) is 114 cm³/mol. The number of ether oxygens (including phenoxy) is 1. The molecule has 29 heavy (non-hydrogen) atoms. The van der Waals surface area contributed by atoms with E-state index in [2.05, 4.69) is 27.9 Å². The average Bonchev–Trinajstić information content (AvgIpc) is 2.99. The number of nitrogens with one attached hydrogen (secondary N) is 2. The van der Waals surface area contributed by atoms with E-state index in [9.17, 15) is 4.79 Å². The molecule has 2 N–H and O–H groups in total. The second-order valence-corrected chi connectivity index (χ2v) is 7.08. The average molecular weight is 393 g/mol. The van der Waals surface area contributed by atoms with Crippen LogP contribution >= 0.6 is 0 Å². The first-order chi connectivity index (χ1) is 14.0. The van der Waals surface area contributed by atoms with E-state index >= 15 is 0 Å². The van der Waals surface area contributed by atoms with Crippen LogP contribution in [-0.4, -0.2) is 22.9 Å². The van der Waals surface area contributed by atoms with Crippen molar-refractivity contribution in [3.05, 3.63) is 82.7 Å². The van der Waals surface area contributed by atoms with Crippen LogP contribution in [0.15, 0.2) is 54.6 Å². The summed E-state index contributed by atoms with van der Waals surface area (Å²) in [6.07, 6.45) is 0. The number of carbonyl (C=O) groups excluding carboxylic acids is 1. The third-order valence-electron chi connectivity index (χ3n) is 5.09. The Morgan fingerprint density at radius 3 is 2.52 bits per heavy atom. The molecule has 0 bridgehead atoms. The normalized spacial score (nSPS) is 11.7. The molecule has 0 aliphatic heterocycles. The van der Waals surface area contributed by atoms with Gasteiger partial charge in [-0.15, -0.1) is 0 Å². The molecule has 152 valence electrons. The van der Waals surface area contributed by atoms with Crippen LogP contribution in [0.4, 0.5) is 4.79 Å². The lowest BCUT2D eigenvalue weighted by molar-refractivity contribution is 0.237. The lowest BCUT2D eigenvalue weighted by atomic mass is 10.1. The third-order valence-corrected chi connectivity index (χ3v) is 5.09. The van der Waals surface area contributed by atoms with Gasteiger partial charge in [0, 0.05) is 23.4 Å². The number of amides is 2. The smallest absolute Gasteiger partial charge is 0.315 e. The van der Waals surface area contributed by atoms with Gasteiger partial charge in [-0.2, -0.15) is 5.10 Å². The van der Waals surface area contributed by atoms with Crippen LogP contribution in [0.25, 0.3) is 0 Å². The quantitative estimate of drug-likeness (QED) is 0.636. The molecule has 0 saturated heterocycles. The van der Waals surface area contributed by atoms with Gasteiger partial charge in [0.2, 0.25) is 0 Å². The Hall–Kier alpha value is -3.28. The van der Waals surface area contributed by atoms with Gasteiger partial charge in [-0.05, 0) is 32.4 Å². The molecule has 0 aliphatic rings. The van der Waals surface area contributed by atoms with Gasteiger partial charge in [-0.1, -0.05) is 48.5 Å². The molecule has 0 fully saturated rings. The first-order valence-corrected chi connectivity index (χ1v) is 9.73. The Bertz CT molecular complexity index is 966. The van der Waals surface area contributed by atoms with E-state index in [0.29, 0.717) is 13.1 Å². The topological polar surface area (TPSA) is 68.2 Å². The number of aryl methyl sites for hydroxylation is 1. The Kier molecular flexibility index (Phi) is 6.54. The fourth-order valence-electron chi connectivity index (χ4n) is 3.42. The van der Waals surface area contributed by atoms with Gasteiger partial charge >= 0.3 is 6.03 Å². The maximum atomic E-state index is 12.4. The molecule has 6 nitrogen and oxygen atoms in total. The van der Waals surface area contributed by atoms with Crippen molar-refractivity contribution in [3.63, 3.8) is 0 Å². The van der Waals surface area contributed by atoms with Gasteiger partial charge < -0.3 is 15.4 Å². The van der Waals surface area contributed by atoms with Crippen molar-refractivity contribution >= 4 is 6.03 Å². The monoisotopic (exact) mass is 392 g/mol. The van der Waals surface area contributed by atoms with Gasteiger partial charge in [0.1, 0.15) is 5.75 Å². The van der Waals surface area contributed by atoms with Crippen molar-refractivity contribution in [2.24, 2.45) is 0 Å². The van der Waals surface area contributed by atoms with Crippen molar-refractivity contribution in [2.45, 2.75) is 39.9 Å². The number of benzene rings is 2. The summed E-state index contributed by atoms with van der Waals surface area (Å²) < 4.78 is 7.36. The number of para-hydroxylation sites is 1. The van der Waals surface area contributed by atoms with Crippen molar-refractivity contribution < 1.29 is 9.53 Å². The Morgan fingerprint density at radius 1 is 1.10 bits per heavy atom. The fraction of sp³-hybridized carbons (Fsp3) is 0.304. The summed E-state index contributed by atoms with van der Waals surface area (Å²) in [5.74, 6) is 0.758. The van der Waals surface area contributed by atoms with Crippen LogP contribution in [0, 0.1) is 13.8 Å². The van der Waals surface area contributed by atoms with Crippen LogP contribution in [0.3, 0.4) is 0 Å². The first-order valence-electron chi connectivity index (χ1n) is 9.73. The SMILES string of the molecule is COc1ccccc1[C@@H](C)NC(=O)NCc1c(C)nn(Cc2ccccc2)c1C. The first kappa shape index (κ1) is 20.5. The van der Waals surface area contributed by atoms with Crippen LogP contribution in [-0.2, 0) is 13.1 Å². The molecule has 0 aliphatic carbocycles. The van der Waals surface area contributed by atoms with Crippen molar-refractivity contribution in [3.8, 4) is 5.75 Å². The highest BCUT2D eigenvalue weighted by Crippen LogP contribution is 2.24. The van der Waals surface area contributed by atoms with E-state index < -0.39 is 0 Å². The molecular weight excluding hydrogens is 364 g/mol. The molecule has 0 unspecified atom stereocenters. The fourth-order valence-corrected chi connectivity index (χ4v) is 3.42. The third kappa shape index (κ3) is 4.96. The van der Waals surface area contributed by atoms with Gasteiger partial charge in [0.15, 0.2) is 0 Å². The maximum absolute atomic E-state index is 12.4. The van der Waals surface area contributed by atoms with E-state index in [-0.39, 0.29) is 12.1 Å². The van der Waals surface area contributed by atoms with E-state index in [1.54, 1.807) is 7.11 Å². The molecule has 1 atom stereocenters. The number of carbonyl (C=O) groups is 1. The lowest BCUT2D eigenvalue weighted by Gasteiger charge is -2.17. The molecule has 1 heterocycles. The summed E-state index contributed by atoms with van der Waals surface area (Å²) in [4.78, 5) is 12.4. The number of nitrogens with zero attached hydrogens (tertiary/aromatic N) is 2. The van der Waals surface area contributed by atoms with Crippen molar-refractivity contribution in [1.82, 2.24) is 20.4 Å². The van der Waals surface area contributed by atoms with Gasteiger partial charge in [-0.3, -0.25) is 4.68 Å². The molecule has 0 radical (unpaired) electrons. The zero-order valence-corrected chi connectivity index (χ0v) is 17.4. The zero-order chi connectivity index (χ0) is 20.8. The maximum Gasteiger partial charge on any atom is 0.315 e. The largest absolute Gasteiger partial charge is 0.496 e. The number of urea groups is 1. The summed E-state index contributed by atoms with van der Waals surface area (Å²) in [7, 11) is 1.63. The van der Waals surface area contributed by atoms with Gasteiger partial charge in [-0.25, -0.2) is 4.79 Å². The Labute approximate surface area is 171 Å². The minimum Gasteiger partial charge on any atom is -0.496 e. The van der Waals surface area contributed by atoms with E-state index in [1.807, 2.05) is 67.9 Å². The van der Waals surface area contributed by atoms with Crippen molar-refractivity contribution in [2.75, 3.05) is 7.11 Å². The van der Waals surface area contributed by atoms with Crippen LogP contribution < -0.4 is 15.4 Å². The molecule has 0 saturated carbocycles. The molecule has 6 heteroatoms. The standard InChI is InChI=1S/C23H28N4O2/c1-16(20-12-8-9-13-22(20)29-4)25-23(28)24-14-21-17(2)26-27(18(21)3)15-19-10-6-5-7-11-19/h5-13,16H,14-15H2,1-4H3,(H2,24,25,28)/t16-/m1/s1. The van der Waals surface area contributed by atoms with Crippen LogP contribution in [0.2, 0.25) is 0 Å². The highest BCUT2D eigenvalue weighted by atomic mass is 16.5. The summed E-state index contributed by atoms with van der Waals surface area (Å²) in [6.45, 7) is 7.09. The molecule has 2 aromatic carbocycles. The van der Waals surface area contributed by atoms with Gasteiger partial charge in [0.25, 0.3) is 0 Å². The molecule has 0 spiro atoms. The second kappa shape index (κ2) is 9.28. The van der Waals surface area contributed by atoms with Crippen molar-refractivity contribution in [1.29, 1.82) is 0 Å². The Balaban J connectivity index is 1.61. The molecule has 3 aromatic rings. The minimum absolute atomic E-state index is 0.172. The number of aromatic nitrogens is 2. The van der Waals surface area contributed by atoms with Gasteiger partial charge in [0.05, 0.1) is 25.4 Å². The lowest BCUT2D eigenvalue weighted by Crippen LogP contribution is -2.36. The van der Waals surface area contributed by atoms with E-state index in [0.717, 1.165) is 28.3 Å². The summed E-state index contributed by atoms with van der Waals surface area (Å²) in [5.41, 5.74) is 5.16. The highest BCUT2D eigenvalue weighted by Gasteiger charge is 2.16. The summed E-state index contributed by atoms with van der Waals surface area (Å²) in [6, 6.07) is 17.5. The summed E-state index contributed by atoms with van der Waals surface area (Å²) in [5, 5.41) is 10.6. The minimum atomic E-state index is -0.224. The highest BCUT2D eigenvalue weighted by molar-refractivity contribution is 5.74. The molecule has 2 amide bonds. The Morgan fingerprint density at radius 2 is 1.79 bits per heavy atom. The molecule has 3 rings (SSSR count). The summed E-state index contributed by atoms with van der Waals surface area (Å²) >= 11 is 0. The van der Waals surface area contributed by atoms with Crippen LogP contribution in [0.1, 0.15) is 41.0 Å². The molecule has 1 aromatic heterocycles. The van der Waals surface area contributed by atoms with Crippen LogP contribution in [0.5, 0.6) is 5.75 Å². The number of rotatable bonds is 7.